The minimum absolute atomic E-state index is 0.0846. The molecule has 0 saturated carbocycles. The Bertz CT molecular complexity index is 1580. The first-order chi connectivity index (χ1) is 17.7. The molecule has 188 valence electrons. The quantitative estimate of drug-likeness (QED) is 0.208. The first kappa shape index (κ1) is 24.8. The van der Waals surface area contributed by atoms with Crippen LogP contribution in [0, 0.1) is 12.7 Å². The molecule has 3 nitrogen and oxygen atoms in total. The molecule has 4 aromatic carbocycles. The highest BCUT2D eigenvalue weighted by Gasteiger charge is 2.34. The van der Waals surface area contributed by atoms with Gasteiger partial charge in [0.25, 0.3) is 0 Å². The van der Waals surface area contributed by atoms with Crippen LogP contribution in [0.4, 0.5) is 17.6 Å². The maximum atomic E-state index is 14.6. The van der Waals surface area contributed by atoms with Gasteiger partial charge in [-0.3, -0.25) is 4.68 Å². The fourth-order valence-electron chi connectivity index (χ4n) is 4.20. The molecule has 8 heteroatoms. The lowest BCUT2D eigenvalue weighted by molar-refractivity contribution is -0.136. The van der Waals surface area contributed by atoms with Gasteiger partial charge in [-0.05, 0) is 42.8 Å². The van der Waals surface area contributed by atoms with Crippen LogP contribution in [0.5, 0.6) is 5.75 Å². The van der Waals surface area contributed by atoms with Crippen LogP contribution in [0.3, 0.4) is 0 Å². The first-order valence-electron chi connectivity index (χ1n) is 11.5. The molecule has 1 heterocycles. The second-order valence-corrected chi connectivity index (χ2v) is 9.18. The van der Waals surface area contributed by atoms with Crippen molar-refractivity contribution in [2.24, 2.45) is 0 Å². The Balaban J connectivity index is 1.59. The topological polar surface area (TPSA) is 27.1 Å². The zero-order chi connectivity index (χ0) is 26.2. The summed E-state index contributed by atoms with van der Waals surface area (Å²) in [7, 11) is 0. The van der Waals surface area contributed by atoms with Gasteiger partial charge in [0.2, 0.25) is 0 Å². The maximum Gasteiger partial charge on any atom is 0.418 e. The Labute approximate surface area is 215 Å². The minimum Gasteiger partial charge on any atom is -0.489 e. The molecule has 1 aromatic heterocycles. The summed E-state index contributed by atoms with van der Waals surface area (Å²) >= 11 is 5.88. The molecular formula is C29H21ClF4N2O. The number of hydrogen-bond acceptors (Lipinski definition) is 2. The van der Waals surface area contributed by atoms with Crippen molar-refractivity contribution in [2.45, 2.75) is 26.3 Å². The molecule has 0 saturated heterocycles. The number of nitrogens with zero attached hydrogens (tertiary/aromatic N) is 2. The standard InChI is InChI=1S/C29H21ClF4N2O/c1-18-8-10-19(11-9-18)17-37-23-5-2-4-20(14-23)28-24-6-3-7-25(29(32,33)34)27(24)35-36(28)16-21-12-13-22(30)15-26(21)31/h2-15H,16-17H2,1H3. The van der Waals surface area contributed by atoms with Crippen molar-refractivity contribution in [2.75, 3.05) is 0 Å². The van der Waals surface area contributed by atoms with Gasteiger partial charge < -0.3 is 4.74 Å². The van der Waals surface area contributed by atoms with E-state index in [9.17, 15) is 17.6 Å². The van der Waals surface area contributed by atoms with Crippen LogP contribution in [0.25, 0.3) is 22.2 Å². The number of hydrogen-bond donors (Lipinski definition) is 0. The fourth-order valence-corrected chi connectivity index (χ4v) is 4.35. The molecular weight excluding hydrogens is 504 g/mol. The SMILES string of the molecule is Cc1ccc(COc2cccc(-c3c4cccc(C(F)(F)F)c4nn3Cc3ccc(Cl)cc3F)c2)cc1. The number of aromatic nitrogens is 2. The van der Waals surface area contributed by atoms with Crippen molar-refractivity contribution in [3.8, 4) is 17.0 Å². The molecule has 37 heavy (non-hydrogen) atoms. The number of halogens is 5. The third-order valence-corrected chi connectivity index (χ3v) is 6.28. The van der Waals surface area contributed by atoms with Gasteiger partial charge in [0.1, 0.15) is 23.7 Å². The zero-order valence-corrected chi connectivity index (χ0v) is 20.4. The van der Waals surface area contributed by atoms with Crippen molar-refractivity contribution >= 4 is 22.5 Å². The van der Waals surface area contributed by atoms with Crippen molar-refractivity contribution in [1.82, 2.24) is 9.78 Å². The summed E-state index contributed by atoms with van der Waals surface area (Å²) in [5.74, 6) is -0.0205. The van der Waals surface area contributed by atoms with Gasteiger partial charge in [0.05, 0.1) is 17.8 Å². The summed E-state index contributed by atoms with van der Waals surface area (Å²) in [6, 6.07) is 23.1. The molecule has 0 radical (unpaired) electrons. The van der Waals surface area contributed by atoms with Crippen LogP contribution in [0.15, 0.2) is 84.9 Å². The first-order valence-corrected chi connectivity index (χ1v) is 11.9. The van der Waals surface area contributed by atoms with E-state index in [1.807, 2.05) is 31.2 Å². The average Bonchev–Trinajstić information content (AvgIpc) is 3.23. The van der Waals surface area contributed by atoms with E-state index in [0.717, 1.165) is 17.2 Å². The molecule has 0 fully saturated rings. The fraction of sp³-hybridized carbons (Fsp3) is 0.138. The van der Waals surface area contributed by atoms with Gasteiger partial charge in [-0.1, -0.05) is 71.8 Å². The van der Waals surface area contributed by atoms with E-state index in [1.54, 1.807) is 30.3 Å². The normalized spacial score (nSPS) is 11.7. The number of aryl methyl sites for hydroxylation is 1. The zero-order valence-electron chi connectivity index (χ0n) is 19.7. The summed E-state index contributed by atoms with van der Waals surface area (Å²) in [5, 5.41) is 4.83. The summed E-state index contributed by atoms with van der Waals surface area (Å²) in [6.45, 7) is 2.25. The van der Waals surface area contributed by atoms with Gasteiger partial charge in [-0.25, -0.2) is 4.39 Å². The molecule has 0 atom stereocenters. The third-order valence-electron chi connectivity index (χ3n) is 6.04. The van der Waals surface area contributed by atoms with Crippen LogP contribution in [-0.2, 0) is 19.3 Å². The van der Waals surface area contributed by atoms with Crippen LogP contribution < -0.4 is 4.74 Å². The third kappa shape index (κ3) is 5.32. The molecule has 5 aromatic rings. The van der Waals surface area contributed by atoms with E-state index < -0.39 is 17.6 Å². The molecule has 0 aliphatic carbocycles. The molecule has 0 aliphatic heterocycles. The van der Waals surface area contributed by atoms with Gasteiger partial charge in [-0.15, -0.1) is 0 Å². The number of rotatable bonds is 6. The largest absolute Gasteiger partial charge is 0.489 e. The Kier molecular flexibility index (Phi) is 6.65. The summed E-state index contributed by atoms with van der Waals surface area (Å²) in [5.41, 5.74) is 2.34. The molecule has 5 rings (SSSR count). The Morgan fingerprint density at radius 1 is 0.919 bits per heavy atom. The Morgan fingerprint density at radius 3 is 2.41 bits per heavy atom. The highest BCUT2D eigenvalue weighted by molar-refractivity contribution is 6.30. The number of fused-ring (bicyclic) bond motifs is 1. The summed E-state index contributed by atoms with van der Waals surface area (Å²) < 4.78 is 63.4. The van der Waals surface area contributed by atoms with E-state index >= 15 is 0 Å². The Hall–Kier alpha value is -3.84. The van der Waals surface area contributed by atoms with E-state index in [1.165, 1.54) is 28.9 Å². The van der Waals surface area contributed by atoms with Gasteiger partial charge >= 0.3 is 6.18 Å². The van der Waals surface area contributed by atoms with Crippen LogP contribution >= 0.6 is 11.6 Å². The highest BCUT2D eigenvalue weighted by atomic mass is 35.5. The van der Waals surface area contributed by atoms with E-state index in [2.05, 4.69) is 5.10 Å². The van der Waals surface area contributed by atoms with E-state index in [0.29, 0.717) is 29.0 Å². The number of alkyl halides is 3. The van der Waals surface area contributed by atoms with Gasteiger partial charge in [0, 0.05) is 21.5 Å². The lowest BCUT2D eigenvalue weighted by Crippen LogP contribution is -2.07. The van der Waals surface area contributed by atoms with Crippen molar-refractivity contribution in [1.29, 1.82) is 0 Å². The lowest BCUT2D eigenvalue weighted by Gasteiger charge is -2.12. The van der Waals surface area contributed by atoms with Crippen molar-refractivity contribution in [3.63, 3.8) is 0 Å². The van der Waals surface area contributed by atoms with Crippen molar-refractivity contribution < 1.29 is 22.3 Å². The molecule has 0 unspecified atom stereocenters. The maximum absolute atomic E-state index is 14.6. The average molecular weight is 525 g/mol. The predicted molar refractivity (Wildman–Crippen MR) is 136 cm³/mol. The summed E-state index contributed by atoms with van der Waals surface area (Å²) in [6.07, 6.45) is -4.60. The van der Waals surface area contributed by atoms with E-state index in [4.69, 9.17) is 16.3 Å². The summed E-state index contributed by atoms with van der Waals surface area (Å²) in [4.78, 5) is 0. The second-order valence-electron chi connectivity index (χ2n) is 8.74. The lowest BCUT2D eigenvalue weighted by atomic mass is 10.0. The molecule has 0 aliphatic rings. The van der Waals surface area contributed by atoms with Crippen LogP contribution in [-0.4, -0.2) is 9.78 Å². The molecule has 0 amide bonds. The van der Waals surface area contributed by atoms with Crippen LogP contribution in [0.2, 0.25) is 5.02 Å². The number of ether oxygens (including phenoxy) is 1. The molecule has 0 bridgehead atoms. The Morgan fingerprint density at radius 2 is 1.68 bits per heavy atom. The predicted octanol–water partition coefficient (Wildman–Crippen LogP) is 8.45. The van der Waals surface area contributed by atoms with Crippen molar-refractivity contribution in [3.05, 3.63) is 118 Å². The van der Waals surface area contributed by atoms with Crippen LogP contribution in [0.1, 0.15) is 22.3 Å². The minimum atomic E-state index is -4.60. The second kappa shape index (κ2) is 9.90. The number of benzene rings is 4. The molecule has 0 N–H and O–H groups in total. The molecule has 0 spiro atoms. The highest BCUT2D eigenvalue weighted by Crippen LogP contribution is 2.39. The smallest absolute Gasteiger partial charge is 0.418 e. The van der Waals surface area contributed by atoms with Gasteiger partial charge in [-0.2, -0.15) is 18.3 Å². The monoisotopic (exact) mass is 524 g/mol. The van der Waals surface area contributed by atoms with Gasteiger partial charge in [0.15, 0.2) is 0 Å². The van der Waals surface area contributed by atoms with E-state index in [-0.39, 0.29) is 22.6 Å².